The number of hydrazine groups is 1. The number of nitroso groups, excluding NO2 is 1. The highest BCUT2D eigenvalue weighted by atomic mass is 16.5. The first kappa shape index (κ1) is 31.5. The van der Waals surface area contributed by atoms with Gasteiger partial charge in [0.15, 0.2) is 0 Å². The van der Waals surface area contributed by atoms with E-state index in [1.54, 1.807) is 19.2 Å². The number of morpholine rings is 1. The fourth-order valence-electron chi connectivity index (χ4n) is 6.28. The minimum absolute atomic E-state index is 0.0515. The van der Waals surface area contributed by atoms with Gasteiger partial charge in [-0.25, -0.2) is 10.8 Å². The third kappa shape index (κ3) is 7.14. The van der Waals surface area contributed by atoms with Gasteiger partial charge in [-0.1, -0.05) is 41.6 Å². The van der Waals surface area contributed by atoms with Gasteiger partial charge in [0.25, 0.3) is 0 Å². The Morgan fingerprint density at radius 1 is 0.978 bits per heavy atom. The first-order chi connectivity index (χ1) is 22.6. The highest BCUT2D eigenvalue weighted by Crippen LogP contribution is 2.36. The lowest BCUT2D eigenvalue weighted by Gasteiger charge is -2.29. The smallest absolute Gasteiger partial charge is 0.216 e. The van der Waals surface area contributed by atoms with Gasteiger partial charge in [-0.3, -0.25) is 0 Å². The number of benzene rings is 3. The summed E-state index contributed by atoms with van der Waals surface area (Å²) < 4.78 is 22.5. The highest BCUT2D eigenvalue weighted by molar-refractivity contribution is 5.71. The van der Waals surface area contributed by atoms with Gasteiger partial charge < -0.3 is 28.9 Å². The SMILES string of the molecule is COC[C@H](CN=O)N(N)c1ccc2c(c1)Cc1cccc(-c3cc(N4CCOCC4)cc(OCc4ccc(OC)cc4)n3)c1CC2. The number of fused-ring (bicyclic) bond motifs is 2. The van der Waals surface area contributed by atoms with Crippen molar-refractivity contribution < 1.29 is 18.9 Å². The summed E-state index contributed by atoms with van der Waals surface area (Å²) in [4.78, 5) is 18.4. The van der Waals surface area contributed by atoms with Crippen molar-refractivity contribution in [1.82, 2.24) is 4.98 Å². The van der Waals surface area contributed by atoms with Crippen molar-refractivity contribution in [2.24, 2.45) is 11.0 Å². The molecule has 3 aromatic carbocycles. The van der Waals surface area contributed by atoms with Crippen LogP contribution in [0.1, 0.15) is 27.8 Å². The summed E-state index contributed by atoms with van der Waals surface area (Å²) in [6, 6.07) is 24.6. The third-order valence-electron chi connectivity index (χ3n) is 8.81. The topological polar surface area (TPSA) is 112 Å². The van der Waals surface area contributed by atoms with Crippen LogP contribution in [0.25, 0.3) is 11.3 Å². The Labute approximate surface area is 270 Å². The third-order valence-corrected chi connectivity index (χ3v) is 8.81. The fourth-order valence-corrected chi connectivity index (χ4v) is 6.28. The molecule has 2 aliphatic rings. The number of pyridine rings is 1. The summed E-state index contributed by atoms with van der Waals surface area (Å²) in [6.45, 7) is 3.79. The van der Waals surface area contributed by atoms with Crippen LogP contribution in [0.4, 0.5) is 11.4 Å². The Kier molecular flexibility index (Phi) is 10.1. The van der Waals surface area contributed by atoms with Crippen LogP contribution in [0, 0.1) is 4.91 Å². The van der Waals surface area contributed by atoms with E-state index in [9.17, 15) is 4.91 Å². The number of methoxy groups -OCH3 is 2. The highest BCUT2D eigenvalue weighted by Gasteiger charge is 2.22. The number of rotatable bonds is 12. The average Bonchev–Trinajstić information content (AvgIpc) is 3.30. The van der Waals surface area contributed by atoms with Crippen LogP contribution in [-0.4, -0.2) is 64.7 Å². The van der Waals surface area contributed by atoms with Crippen LogP contribution in [0.3, 0.4) is 0 Å². The Balaban J connectivity index is 1.31. The van der Waals surface area contributed by atoms with Gasteiger partial charge >= 0.3 is 0 Å². The van der Waals surface area contributed by atoms with E-state index in [2.05, 4.69) is 46.5 Å². The predicted octanol–water partition coefficient (Wildman–Crippen LogP) is 5.32. The second-order valence-electron chi connectivity index (χ2n) is 11.7. The molecule has 6 rings (SSSR count). The molecule has 0 amide bonds. The van der Waals surface area contributed by atoms with Crippen molar-refractivity contribution in [1.29, 1.82) is 0 Å². The predicted molar refractivity (Wildman–Crippen MR) is 180 cm³/mol. The second-order valence-corrected chi connectivity index (χ2v) is 11.7. The van der Waals surface area contributed by atoms with E-state index in [4.69, 9.17) is 29.8 Å². The number of aryl methyl sites for hydroxylation is 1. The molecule has 1 aromatic heterocycles. The number of nitrogens with zero attached hydrogens (tertiary/aromatic N) is 4. The van der Waals surface area contributed by atoms with Crippen molar-refractivity contribution in [3.8, 4) is 22.9 Å². The average molecular weight is 624 g/mol. The minimum atomic E-state index is -0.337. The molecule has 1 aliphatic carbocycles. The molecule has 1 saturated heterocycles. The van der Waals surface area contributed by atoms with Crippen molar-refractivity contribution in [2.45, 2.75) is 31.9 Å². The van der Waals surface area contributed by atoms with Crippen molar-refractivity contribution >= 4 is 11.4 Å². The summed E-state index contributed by atoms with van der Waals surface area (Å²) in [5, 5.41) is 4.67. The monoisotopic (exact) mass is 623 g/mol. The summed E-state index contributed by atoms with van der Waals surface area (Å²) in [5.41, 5.74) is 10.0. The first-order valence-corrected chi connectivity index (χ1v) is 15.7. The van der Waals surface area contributed by atoms with Gasteiger partial charge in [0.2, 0.25) is 5.88 Å². The molecule has 2 N–H and O–H groups in total. The number of aromatic nitrogens is 1. The van der Waals surface area contributed by atoms with Crippen LogP contribution in [-0.2, 0) is 35.3 Å². The lowest BCUT2D eigenvalue weighted by atomic mass is 9.94. The van der Waals surface area contributed by atoms with Crippen molar-refractivity contribution in [3.05, 3.63) is 106 Å². The molecular weight excluding hydrogens is 582 g/mol. The number of hydrogen-bond donors (Lipinski definition) is 1. The first-order valence-electron chi connectivity index (χ1n) is 15.7. The van der Waals surface area contributed by atoms with E-state index >= 15 is 0 Å². The summed E-state index contributed by atoms with van der Waals surface area (Å²) >= 11 is 0. The quantitative estimate of drug-likeness (QED) is 0.127. The van der Waals surface area contributed by atoms with Gasteiger partial charge in [-0.15, -0.1) is 0 Å². The molecule has 10 nitrogen and oxygen atoms in total. The molecule has 0 radical (unpaired) electrons. The number of hydrogen-bond acceptors (Lipinski definition) is 10. The summed E-state index contributed by atoms with van der Waals surface area (Å²) in [5.74, 6) is 7.86. The largest absolute Gasteiger partial charge is 0.497 e. The van der Waals surface area contributed by atoms with Gasteiger partial charge in [0.1, 0.15) is 18.9 Å². The number of anilines is 2. The maximum Gasteiger partial charge on any atom is 0.216 e. The van der Waals surface area contributed by atoms with Crippen molar-refractivity contribution in [2.75, 3.05) is 63.6 Å². The normalized spacial score (nSPS) is 14.9. The van der Waals surface area contributed by atoms with Gasteiger partial charge in [-0.2, -0.15) is 4.91 Å². The molecule has 1 aliphatic heterocycles. The van der Waals surface area contributed by atoms with E-state index in [0.29, 0.717) is 32.3 Å². The molecule has 1 atom stereocenters. The Hall–Kier alpha value is -4.51. The van der Waals surface area contributed by atoms with Crippen LogP contribution >= 0.6 is 0 Å². The van der Waals surface area contributed by atoms with Crippen molar-refractivity contribution in [3.63, 3.8) is 0 Å². The molecule has 0 spiro atoms. The fraction of sp³-hybridized carbons (Fsp3) is 0.361. The zero-order chi connectivity index (χ0) is 31.9. The van der Waals surface area contributed by atoms with E-state index in [1.165, 1.54) is 22.3 Å². The minimum Gasteiger partial charge on any atom is -0.497 e. The lowest BCUT2D eigenvalue weighted by Crippen LogP contribution is -2.45. The standard InChI is InChI=1S/C36H41N5O5/c1-43-24-31(22-38-42)41(37)29-10-8-26-9-13-33-27(18-28(26)19-29)4-3-5-34(33)35-20-30(40-14-16-45-17-15-40)21-36(39-35)46-23-25-6-11-32(44-2)12-7-25/h3-8,10-12,19-21,31H,9,13-18,22-24,37H2,1-2H3/t31-/m0/s1. The lowest BCUT2D eigenvalue weighted by molar-refractivity contribution is 0.122. The summed E-state index contributed by atoms with van der Waals surface area (Å²) in [6.07, 6.45) is 2.55. The molecule has 10 heteroatoms. The molecule has 46 heavy (non-hydrogen) atoms. The molecule has 0 saturated carbocycles. The molecule has 2 heterocycles. The number of nitrogens with two attached hydrogens (primary N) is 1. The maximum absolute atomic E-state index is 11.0. The zero-order valence-corrected chi connectivity index (χ0v) is 26.5. The Bertz CT molecular complexity index is 1640. The van der Waals surface area contributed by atoms with E-state index in [-0.39, 0.29) is 12.6 Å². The number of ether oxygens (including phenoxy) is 4. The molecule has 0 bridgehead atoms. The van der Waals surface area contributed by atoms with Gasteiger partial charge in [0, 0.05) is 37.5 Å². The van der Waals surface area contributed by atoms with Crippen LogP contribution < -0.4 is 25.2 Å². The molecule has 0 unspecified atom stereocenters. The van der Waals surface area contributed by atoms with Crippen LogP contribution in [0.2, 0.25) is 0 Å². The van der Waals surface area contributed by atoms with E-state index in [0.717, 1.165) is 66.3 Å². The molecule has 1 fully saturated rings. The van der Waals surface area contributed by atoms with E-state index in [1.807, 2.05) is 36.4 Å². The molecular formula is C36H41N5O5. The maximum atomic E-state index is 11.0. The Morgan fingerprint density at radius 2 is 1.80 bits per heavy atom. The Morgan fingerprint density at radius 3 is 2.57 bits per heavy atom. The van der Waals surface area contributed by atoms with Gasteiger partial charge in [0.05, 0.1) is 44.4 Å². The second kappa shape index (κ2) is 14.7. The van der Waals surface area contributed by atoms with Gasteiger partial charge in [-0.05, 0) is 77.4 Å². The molecule has 4 aromatic rings. The van der Waals surface area contributed by atoms with Crippen LogP contribution in [0.15, 0.2) is 78.0 Å². The molecule has 240 valence electrons. The zero-order valence-electron chi connectivity index (χ0n) is 26.5. The van der Waals surface area contributed by atoms with Crippen LogP contribution in [0.5, 0.6) is 11.6 Å². The summed E-state index contributed by atoms with van der Waals surface area (Å²) in [7, 11) is 3.26. The van der Waals surface area contributed by atoms with E-state index < -0.39 is 0 Å².